The van der Waals surface area contributed by atoms with Crippen molar-refractivity contribution >= 4 is 17.7 Å². The van der Waals surface area contributed by atoms with Crippen LogP contribution in [0, 0.1) is 5.92 Å². The minimum absolute atomic E-state index is 0.00602. The van der Waals surface area contributed by atoms with E-state index in [1.807, 2.05) is 20.8 Å². The molecule has 0 aliphatic carbocycles. The van der Waals surface area contributed by atoms with Gasteiger partial charge in [0.1, 0.15) is 5.25 Å². The first kappa shape index (κ1) is 11.8. The van der Waals surface area contributed by atoms with Crippen molar-refractivity contribution in [1.82, 2.24) is 0 Å². The Hall–Kier alpha value is -0.220. The van der Waals surface area contributed by atoms with Gasteiger partial charge >= 0.3 is 5.97 Å². The SMILES string of the molecule is CC(CO)SC(C(=O)O)C(C)C. The van der Waals surface area contributed by atoms with Crippen LogP contribution in [0.5, 0.6) is 0 Å². The maximum absolute atomic E-state index is 10.7. The Kier molecular flexibility index (Phi) is 5.33. The number of hydrogen-bond donors (Lipinski definition) is 2. The van der Waals surface area contributed by atoms with Crippen LogP contribution in [0.2, 0.25) is 0 Å². The maximum atomic E-state index is 10.7. The number of rotatable bonds is 5. The predicted octanol–water partition coefficient (Wildman–Crippen LogP) is 1.21. The fourth-order valence-electron chi connectivity index (χ4n) is 0.794. The van der Waals surface area contributed by atoms with Crippen molar-refractivity contribution in [2.45, 2.75) is 31.3 Å². The Morgan fingerprint density at radius 1 is 1.42 bits per heavy atom. The van der Waals surface area contributed by atoms with Crippen molar-refractivity contribution in [3.05, 3.63) is 0 Å². The molecular formula is C8H16O3S. The summed E-state index contributed by atoms with van der Waals surface area (Å²) in [5.74, 6) is -0.697. The summed E-state index contributed by atoms with van der Waals surface area (Å²) in [7, 11) is 0. The van der Waals surface area contributed by atoms with Crippen LogP contribution in [0.1, 0.15) is 20.8 Å². The van der Waals surface area contributed by atoms with Crippen LogP contribution in [0.4, 0.5) is 0 Å². The first-order valence-corrected chi connectivity index (χ1v) is 4.92. The highest BCUT2D eigenvalue weighted by molar-refractivity contribution is 8.01. The molecule has 0 amide bonds. The lowest BCUT2D eigenvalue weighted by molar-refractivity contribution is -0.137. The van der Waals surface area contributed by atoms with Crippen molar-refractivity contribution in [2.75, 3.05) is 6.61 Å². The zero-order chi connectivity index (χ0) is 9.72. The van der Waals surface area contributed by atoms with Gasteiger partial charge in [-0.25, -0.2) is 0 Å². The summed E-state index contributed by atoms with van der Waals surface area (Å²) >= 11 is 1.31. The smallest absolute Gasteiger partial charge is 0.316 e. The third-order valence-corrected chi connectivity index (χ3v) is 3.14. The third kappa shape index (κ3) is 3.97. The number of aliphatic hydroxyl groups excluding tert-OH is 1. The first-order valence-electron chi connectivity index (χ1n) is 3.98. The molecule has 72 valence electrons. The van der Waals surface area contributed by atoms with E-state index in [1.54, 1.807) is 0 Å². The van der Waals surface area contributed by atoms with Gasteiger partial charge in [0.15, 0.2) is 0 Å². The molecule has 0 heterocycles. The molecule has 0 aromatic carbocycles. The van der Waals surface area contributed by atoms with E-state index in [2.05, 4.69) is 0 Å². The molecule has 0 spiro atoms. The average Bonchev–Trinajstić information content (AvgIpc) is 1.98. The van der Waals surface area contributed by atoms with Gasteiger partial charge in [0.25, 0.3) is 0 Å². The summed E-state index contributed by atoms with van der Waals surface area (Å²) in [4.78, 5) is 10.7. The minimum Gasteiger partial charge on any atom is -0.480 e. The van der Waals surface area contributed by atoms with E-state index in [-0.39, 0.29) is 17.8 Å². The van der Waals surface area contributed by atoms with Crippen molar-refractivity contribution < 1.29 is 15.0 Å². The van der Waals surface area contributed by atoms with E-state index < -0.39 is 11.2 Å². The number of aliphatic hydroxyl groups is 1. The zero-order valence-corrected chi connectivity index (χ0v) is 8.47. The van der Waals surface area contributed by atoms with Gasteiger partial charge in [0.05, 0.1) is 6.61 Å². The van der Waals surface area contributed by atoms with Crippen LogP contribution in [0.15, 0.2) is 0 Å². The van der Waals surface area contributed by atoms with Crippen LogP contribution in [-0.2, 0) is 4.79 Å². The number of carboxylic acid groups (broad SMARTS) is 1. The second-order valence-electron chi connectivity index (χ2n) is 3.13. The molecule has 0 saturated carbocycles. The first-order chi connectivity index (χ1) is 5.49. The Morgan fingerprint density at radius 2 is 1.92 bits per heavy atom. The minimum atomic E-state index is -0.796. The van der Waals surface area contributed by atoms with Crippen molar-refractivity contribution in [3.63, 3.8) is 0 Å². The van der Waals surface area contributed by atoms with Gasteiger partial charge < -0.3 is 10.2 Å². The van der Waals surface area contributed by atoms with Gasteiger partial charge in [-0.3, -0.25) is 4.79 Å². The van der Waals surface area contributed by atoms with Crippen LogP contribution >= 0.6 is 11.8 Å². The highest BCUT2D eigenvalue weighted by Gasteiger charge is 2.23. The lowest BCUT2D eigenvalue weighted by Crippen LogP contribution is -2.25. The van der Waals surface area contributed by atoms with Crippen molar-refractivity contribution in [1.29, 1.82) is 0 Å². The largest absolute Gasteiger partial charge is 0.480 e. The lowest BCUT2D eigenvalue weighted by atomic mass is 10.1. The van der Waals surface area contributed by atoms with Crippen molar-refractivity contribution in [3.8, 4) is 0 Å². The molecule has 12 heavy (non-hydrogen) atoms. The van der Waals surface area contributed by atoms with Gasteiger partial charge in [-0.05, 0) is 5.92 Å². The molecule has 0 aromatic rings. The quantitative estimate of drug-likeness (QED) is 0.687. The molecule has 4 heteroatoms. The highest BCUT2D eigenvalue weighted by Crippen LogP contribution is 2.23. The van der Waals surface area contributed by atoms with Gasteiger partial charge in [0, 0.05) is 5.25 Å². The number of hydrogen-bond acceptors (Lipinski definition) is 3. The zero-order valence-electron chi connectivity index (χ0n) is 7.65. The summed E-state index contributed by atoms with van der Waals surface area (Å²) in [5.41, 5.74) is 0. The number of thioether (sulfide) groups is 1. The van der Waals surface area contributed by atoms with Crippen LogP contribution in [0.3, 0.4) is 0 Å². The molecule has 0 aliphatic heterocycles. The Balaban J connectivity index is 4.05. The van der Waals surface area contributed by atoms with Crippen molar-refractivity contribution in [2.24, 2.45) is 5.92 Å². The third-order valence-electron chi connectivity index (χ3n) is 1.48. The molecule has 0 saturated heterocycles. The molecule has 0 fully saturated rings. The number of aliphatic carboxylic acids is 1. The fraction of sp³-hybridized carbons (Fsp3) is 0.875. The van der Waals surface area contributed by atoms with Gasteiger partial charge in [-0.1, -0.05) is 20.8 Å². The number of carbonyl (C=O) groups is 1. The summed E-state index contributed by atoms with van der Waals surface area (Å²) in [5, 5.41) is 17.1. The molecular weight excluding hydrogens is 176 g/mol. The fourth-order valence-corrected chi connectivity index (χ4v) is 1.81. The summed E-state index contributed by atoms with van der Waals surface area (Å²) < 4.78 is 0. The molecule has 0 aliphatic rings. The Bertz CT molecular complexity index is 147. The predicted molar refractivity (Wildman–Crippen MR) is 50.4 cm³/mol. The van der Waals surface area contributed by atoms with E-state index in [1.165, 1.54) is 11.8 Å². The summed E-state index contributed by atoms with van der Waals surface area (Å²) in [6.07, 6.45) is 0. The topological polar surface area (TPSA) is 57.5 Å². The van der Waals surface area contributed by atoms with Crippen LogP contribution < -0.4 is 0 Å². The summed E-state index contributed by atoms with van der Waals surface area (Å²) in [6.45, 7) is 5.59. The van der Waals surface area contributed by atoms with E-state index in [9.17, 15) is 4.79 Å². The van der Waals surface area contributed by atoms with Crippen LogP contribution in [-0.4, -0.2) is 33.3 Å². The van der Waals surface area contributed by atoms with Gasteiger partial charge in [-0.15, -0.1) is 11.8 Å². The van der Waals surface area contributed by atoms with Crippen LogP contribution in [0.25, 0.3) is 0 Å². The lowest BCUT2D eigenvalue weighted by Gasteiger charge is -2.18. The molecule has 0 aromatic heterocycles. The molecule has 2 atom stereocenters. The molecule has 2 unspecified atom stereocenters. The van der Waals surface area contributed by atoms with E-state index in [0.29, 0.717) is 0 Å². The molecule has 3 nitrogen and oxygen atoms in total. The normalized spacial score (nSPS) is 16.1. The Labute approximate surface area is 77.2 Å². The van der Waals surface area contributed by atoms with Gasteiger partial charge in [-0.2, -0.15) is 0 Å². The number of carboxylic acids is 1. The molecule has 0 radical (unpaired) electrons. The Morgan fingerprint density at radius 3 is 2.17 bits per heavy atom. The monoisotopic (exact) mass is 192 g/mol. The average molecular weight is 192 g/mol. The highest BCUT2D eigenvalue weighted by atomic mass is 32.2. The second kappa shape index (κ2) is 5.43. The van der Waals surface area contributed by atoms with Gasteiger partial charge in [0.2, 0.25) is 0 Å². The molecule has 0 rings (SSSR count). The second-order valence-corrected chi connectivity index (χ2v) is 4.72. The molecule has 0 bridgehead atoms. The van der Waals surface area contributed by atoms with E-state index >= 15 is 0 Å². The summed E-state index contributed by atoms with van der Waals surface area (Å²) in [6, 6.07) is 0. The molecule has 2 N–H and O–H groups in total. The van der Waals surface area contributed by atoms with E-state index in [4.69, 9.17) is 10.2 Å². The standard InChI is InChI=1S/C8H16O3S/c1-5(2)7(8(10)11)12-6(3)4-9/h5-7,9H,4H2,1-3H3,(H,10,11). The maximum Gasteiger partial charge on any atom is 0.316 e. The van der Waals surface area contributed by atoms with E-state index in [0.717, 1.165) is 0 Å².